The molecule has 0 aliphatic heterocycles. The van der Waals surface area contributed by atoms with Gasteiger partial charge in [0.05, 0.1) is 0 Å². The van der Waals surface area contributed by atoms with E-state index in [-0.39, 0.29) is 0 Å². The van der Waals surface area contributed by atoms with Gasteiger partial charge in [0, 0.05) is 6.04 Å². The average molecular weight is 125 g/mol. The lowest BCUT2D eigenvalue weighted by Crippen LogP contribution is -2.23. The first-order valence-electron chi connectivity index (χ1n) is 3.64. The fraction of sp³-hybridized carbons (Fsp3) is 0.750. The first-order valence-corrected chi connectivity index (χ1v) is 3.64. The maximum atomic E-state index is 2.38. The van der Waals surface area contributed by atoms with Gasteiger partial charge in [-0.15, -0.1) is 0 Å². The Morgan fingerprint density at radius 2 is 2.22 bits per heavy atom. The van der Waals surface area contributed by atoms with Crippen LogP contribution in [0.1, 0.15) is 20.3 Å². The van der Waals surface area contributed by atoms with Gasteiger partial charge < -0.3 is 0 Å². The number of likely N-dealkylation sites (N-methyl/N-ethyl adjacent to an activating group) is 1. The van der Waals surface area contributed by atoms with Crippen molar-refractivity contribution in [2.24, 2.45) is 0 Å². The smallest absolute Gasteiger partial charge is 0.0489 e. The Morgan fingerprint density at radius 1 is 1.67 bits per heavy atom. The molecule has 0 aromatic carbocycles. The Bertz CT molecular complexity index is 127. The molecule has 0 saturated carbocycles. The molecule has 1 unspecified atom stereocenters. The second kappa shape index (κ2) is 2.53. The summed E-state index contributed by atoms with van der Waals surface area (Å²) in [6.45, 7) is 5.63. The van der Waals surface area contributed by atoms with Gasteiger partial charge in [0.1, 0.15) is 0 Å². The van der Waals surface area contributed by atoms with Crippen molar-refractivity contribution in [2.45, 2.75) is 26.3 Å². The summed E-state index contributed by atoms with van der Waals surface area (Å²) in [5.41, 5.74) is 1.53. The highest BCUT2D eigenvalue weighted by molar-refractivity contribution is 5.32. The van der Waals surface area contributed by atoms with Gasteiger partial charge in [-0.05, 0) is 26.9 Å². The standard InChI is InChI=1S/C8H15N/c1-4-5-9(3)8-6-7(8)2/h6,8H,4-5H2,1-3H3. The topological polar surface area (TPSA) is 3.24 Å². The van der Waals surface area contributed by atoms with Crippen LogP contribution in [-0.4, -0.2) is 24.5 Å². The van der Waals surface area contributed by atoms with Crippen LogP contribution in [0.15, 0.2) is 11.6 Å². The summed E-state index contributed by atoms with van der Waals surface area (Å²) in [5, 5.41) is 0. The lowest BCUT2D eigenvalue weighted by Gasteiger charge is -2.14. The molecule has 0 saturated heterocycles. The van der Waals surface area contributed by atoms with Gasteiger partial charge in [0.25, 0.3) is 0 Å². The normalized spacial score (nSPS) is 24.4. The van der Waals surface area contributed by atoms with Crippen molar-refractivity contribution in [3.8, 4) is 0 Å². The molecule has 0 spiro atoms. The summed E-state index contributed by atoms with van der Waals surface area (Å²) in [6.07, 6.45) is 3.56. The third-order valence-electron chi connectivity index (χ3n) is 1.83. The van der Waals surface area contributed by atoms with Crippen LogP contribution in [-0.2, 0) is 0 Å². The van der Waals surface area contributed by atoms with Crippen molar-refractivity contribution in [3.63, 3.8) is 0 Å². The maximum absolute atomic E-state index is 2.38. The average Bonchev–Trinajstić information content (AvgIpc) is 2.47. The van der Waals surface area contributed by atoms with Gasteiger partial charge in [-0.25, -0.2) is 0 Å². The third-order valence-corrected chi connectivity index (χ3v) is 1.83. The molecule has 1 aliphatic rings. The Kier molecular flexibility index (Phi) is 1.91. The molecule has 0 bridgehead atoms. The van der Waals surface area contributed by atoms with Gasteiger partial charge in [-0.1, -0.05) is 18.6 Å². The lowest BCUT2D eigenvalue weighted by atomic mass is 10.4. The van der Waals surface area contributed by atoms with E-state index in [1.165, 1.54) is 18.5 Å². The molecule has 1 aliphatic carbocycles. The molecule has 0 heterocycles. The molecule has 9 heavy (non-hydrogen) atoms. The minimum atomic E-state index is 0.713. The summed E-state index contributed by atoms with van der Waals surface area (Å²) in [4.78, 5) is 2.38. The van der Waals surface area contributed by atoms with Crippen molar-refractivity contribution in [1.82, 2.24) is 4.90 Å². The van der Waals surface area contributed by atoms with Crippen molar-refractivity contribution < 1.29 is 0 Å². The largest absolute Gasteiger partial charge is 0.296 e. The minimum absolute atomic E-state index is 0.713. The first-order chi connectivity index (χ1) is 4.25. The number of hydrogen-bond acceptors (Lipinski definition) is 1. The molecular weight excluding hydrogens is 110 g/mol. The van der Waals surface area contributed by atoms with Crippen LogP contribution >= 0.6 is 0 Å². The zero-order chi connectivity index (χ0) is 6.85. The van der Waals surface area contributed by atoms with Crippen LogP contribution in [0.5, 0.6) is 0 Å². The van der Waals surface area contributed by atoms with Crippen molar-refractivity contribution in [3.05, 3.63) is 11.6 Å². The quantitative estimate of drug-likeness (QED) is 0.518. The SMILES string of the molecule is CCCN(C)C1C=C1C. The number of hydrogen-bond donors (Lipinski definition) is 0. The van der Waals surface area contributed by atoms with E-state index in [9.17, 15) is 0 Å². The molecule has 52 valence electrons. The van der Waals surface area contributed by atoms with E-state index < -0.39 is 0 Å². The second-order valence-corrected chi connectivity index (χ2v) is 2.84. The zero-order valence-corrected chi connectivity index (χ0v) is 6.52. The summed E-state index contributed by atoms with van der Waals surface area (Å²) in [5.74, 6) is 0. The summed E-state index contributed by atoms with van der Waals surface area (Å²) >= 11 is 0. The molecular formula is C8H15N. The third kappa shape index (κ3) is 1.55. The van der Waals surface area contributed by atoms with E-state index >= 15 is 0 Å². The van der Waals surface area contributed by atoms with E-state index in [1.807, 2.05) is 0 Å². The zero-order valence-electron chi connectivity index (χ0n) is 6.52. The van der Waals surface area contributed by atoms with Crippen LogP contribution in [0, 0.1) is 0 Å². The van der Waals surface area contributed by atoms with Crippen LogP contribution in [0.4, 0.5) is 0 Å². The van der Waals surface area contributed by atoms with Gasteiger partial charge in [-0.3, -0.25) is 4.90 Å². The molecule has 1 heteroatoms. The Labute approximate surface area is 57.4 Å². The van der Waals surface area contributed by atoms with Gasteiger partial charge in [0.2, 0.25) is 0 Å². The number of nitrogens with zero attached hydrogens (tertiary/aromatic N) is 1. The van der Waals surface area contributed by atoms with E-state index in [0.29, 0.717) is 6.04 Å². The van der Waals surface area contributed by atoms with Crippen molar-refractivity contribution in [2.75, 3.05) is 13.6 Å². The van der Waals surface area contributed by atoms with Crippen LogP contribution in [0.25, 0.3) is 0 Å². The predicted octanol–water partition coefficient (Wildman–Crippen LogP) is 1.66. The summed E-state index contributed by atoms with van der Waals surface area (Å²) < 4.78 is 0. The highest BCUT2D eigenvalue weighted by atomic mass is 15.1. The molecule has 0 aromatic heterocycles. The highest BCUT2D eigenvalue weighted by Crippen LogP contribution is 2.23. The lowest BCUT2D eigenvalue weighted by molar-refractivity contribution is 0.337. The monoisotopic (exact) mass is 125 g/mol. The summed E-state index contributed by atoms with van der Waals surface area (Å²) in [6, 6.07) is 0.713. The predicted molar refractivity (Wildman–Crippen MR) is 40.5 cm³/mol. The maximum Gasteiger partial charge on any atom is 0.0489 e. The van der Waals surface area contributed by atoms with Crippen LogP contribution in [0.2, 0.25) is 0 Å². The van der Waals surface area contributed by atoms with Gasteiger partial charge in [0.15, 0.2) is 0 Å². The molecule has 0 aromatic rings. The second-order valence-electron chi connectivity index (χ2n) is 2.84. The molecule has 0 N–H and O–H groups in total. The van der Waals surface area contributed by atoms with E-state index in [0.717, 1.165) is 0 Å². The Hall–Kier alpha value is -0.300. The minimum Gasteiger partial charge on any atom is -0.296 e. The van der Waals surface area contributed by atoms with E-state index in [1.54, 1.807) is 0 Å². The fourth-order valence-electron chi connectivity index (χ4n) is 1.17. The van der Waals surface area contributed by atoms with Gasteiger partial charge in [-0.2, -0.15) is 0 Å². The van der Waals surface area contributed by atoms with Crippen molar-refractivity contribution in [1.29, 1.82) is 0 Å². The molecule has 0 fully saturated rings. The summed E-state index contributed by atoms with van der Waals surface area (Å²) in [7, 11) is 2.18. The highest BCUT2D eigenvalue weighted by Gasteiger charge is 2.23. The first kappa shape index (κ1) is 6.81. The Morgan fingerprint density at radius 3 is 2.56 bits per heavy atom. The molecule has 1 rings (SSSR count). The molecule has 0 radical (unpaired) electrons. The number of rotatable bonds is 3. The van der Waals surface area contributed by atoms with E-state index in [4.69, 9.17) is 0 Å². The van der Waals surface area contributed by atoms with E-state index in [2.05, 4.69) is 31.9 Å². The fourth-order valence-corrected chi connectivity index (χ4v) is 1.17. The van der Waals surface area contributed by atoms with Crippen LogP contribution in [0.3, 0.4) is 0 Å². The molecule has 0 amide bonds. The molecule has 1 nitrogen and oxygen atoms in total. The van der Waals surface area contributed by atoms with Crippen molar-refractivity contribution >= 4 is 0 Å². The molecule has 1 atom stereocenters. The van der Waals surface area contributed by atoms with Gasteiger partial charge >= 0.3 is 0 Å². The Balaban J connectivity index is 2.14. The van der Waals surface area contributed by atoms with Crippen LogP contribution < -0.4 is 0 Å².